The molecule has 3 aliphatic rings. The van der Waals surface area contributed by atoms with Gasteiger partial charge in [-0.15, -0.1) is 0 Å². The SMILES string of the molecule is CC1(C)CC(N2CNC3(CC3)C2=O)CC(C)(C)C1. The van der Waals surface area contributed by atoms with Gasteiger partial charge in [0.2, 0.25) is 5.91 Å². The van der Waals surface area contributed by atoms with Crippen LogP contribution in [0.2, 0.25) is 0 Å². The average molecular weight is 250 g/mol. The predicted octanol–water partition coefficient (Wildman–Crippen LogP) is 2.51. The average Bonchev–Trinajstić information content (AvgIpc) is 2.86. The molecule has 2 saturated carbocycles. The molecule has 2 aliphatic carbocycles. The summed E-state index contributed by atoms with van der Waals surface area (Å²) in [6.07, 6.45) is 5.65. The molecule has 1 aliphatic heterocycles. The van der Waals surface area contributed by atoms with Crippen LogP contribution in [-0.4, -0.2) is 29.1 Å². The highest BCUT2D eigenvalue weighted by Gasteiger charge is 2.57. The van der Waals surface area contributed by atoms with E-state index in [1.54, 1.807) is 0 Å². The van der Waals surface area contributed by atoms with Gasteiger partial charge in [0, 0.05) is 6.04 Å². The minimum atomic E-state index is -0.133. The molecule has 1 N–H and O–H groups in total. The van der Waals surface area contributed by atoms with Crippen molar-refractivity contribution in [2.24, 2.45) is 10.8 Å². The van der Waals surface area contributed by atoms with Crippen molar-refractivity contribution in [3.05, 3.63) is 0 Å². The van der Waals surface area contributed by atoms with Crippen molar-refractivity contribution in [1.29, 1.82) is 0 Å². The second kappa shape index (κ2) is 3.50. The lowest BCUT2D eigenvalue weighted by Gasteiger charge is -2.47. The predicted molar refractivity (Wildman–Crippen MR) is 72.0 cm³/mol. The molecule has 1 heterocycles. The van der Waals surface area contributed by atoms with E-state index < -0.39 is 0 Å². The number of hydrogen-bond donors (Lipinski definition) is 1. The summed E-state index contributed by atoms with van der Waals surface area (Å²) >= 11 is 0. The summed E-state index contributed by atoms with van der Waals surface area (Å²) in [5.41, 5.74) is 0.573. The molecule has 0 bridgehead atoms. The first-order chi connectivity index (χ1) is 8.23. The third kappa shape index (κ3) is 1.97. The molecule has 1 saturated heterocycles. The first-order valence-electron chi connectivity index (χ1n) is 7.29. The zero-order chi connectivity index (χ0) is 13.2. The third-order valence-corrected chi connectivity index (χ3v) is 4.98. The molecule has 0 unspecified atom stereocenters. The number of rotatable bonds is 1. The summed E-state index contributed by atoms with van der Waals surface area (Å²) in [7, 11) is 0. The maximum atomic E-state index is 12.5. The zero-order valence-corrected chi connectivity index (χ0v) is 12.2. The van der Waals surface area contributed by atoms with Gasteiger partial charge in [0.1, 0.15) is 0 Å². The van der Waals surface area contributed by atoms with E-state index in [9.17, 15) is 4.79 Å². The fourth-order valence-corrected chi connectivity index (χ4v) is 4.48. The molecular formula is C15H26N2O. The number of amides is 1. The Labute approximate surface area is 110 Å². The van der Waals surface area contributed by atoms with Gasteiger partial charge in [-0.25, -0.2) is 0 Å². The lowest BCUT2D eigenvalue weighted by Crippen LogP contribution is -2.48. The Morgan fingerprint density at radius 3 is 2.11 bits per heavy atom. The van der Waals surface area contributed by atoms with Gasteiger partial charge in [-0.3, -0.25) is 10.1 Å². The lowest BCUT2D eigenvalue weighted by atomic mass is 9.63. The van der Waals surface area contributed by atoms with Crippen molar-refractivity contribution >= 4 is 5.91 Å². The van der Waals surface area contributed by atoms with E-state index >= 15 is 0 Å². The fraction of sp³-hybridized carbons (Fsp3) is 0.933. The minimum absolute atomic E-state index is 0.133. The summed E-state index contributed by atoms with van der Waals surface area (Å²) < 4.78 is 0. The van der Waals surface area contributed by atoms with Gasteiger partial charge in [-0.05, 0) is 42.9 Å². The van der Waals surface area contributed by atoms with Gasteiger partial charge >= 0.3 is 0 Å². The number of nitrogens with zero attached hydrogens (tertiary/aromatic N) is 1. The van der Waals surface area contributed by atoms with E-state index in [1.165, 1.54) is 6.42 Å². The Balaban J connectivity index is 1.78. The van der Waals surface area contributed by atoms with Crippen molar-refractivity contribution in [3.8, 4) is 0 Å². The van der Waals surface area contributed by atoms with Crippen molar-refractivity contribution in [2.45, 2.75) is 71.4 Å². The van der Waals surface area contributed by atoms with E-state index in [0.717, 1.165) is 32.4 Å². The smallest absolute Gasteiger partial charge is 0.244 e. The molecule has 0 aromatic rings. The van der Waals surface area contributed by atoms with Crippen molar-refractivity contribution in [3.63, 3.8) is 0 Å². The monoisotopic (exact) mass is 250 g/mol. The molecule has 3 fully saturated rings. The zero-order valence-electron chi connectivity index (χ0n) is 12.2. The van der Waals surface area contributed by atoms with Crippen molar-refractivity contribution in [2.75, 3.05) is 6.67 Å². The van der Waals surface area contributed by atoms with E-state index in [1.807, 2.05) is 0 Å². The molecule has 1 amide bonds. The van der Waals surface area contributed by atoms with E-state index in [4.69, 9.17) is 0 Å². The summed E-state index contributed by atoms with van der Waals surface area (Å²) in [5, 5.41) is 3.44. The van der Waals surface area contributed by atoms with Crippen LogP contribution in [-0.2, 0) is 4.79 Å². The van der Waals surface area contributed by atoms with Crippen LogP contribution >= 0.6 is 0 Å². The van der Waals surface area contributed by atoms with Gasteiger partial charge in [-0.1, -0.05) is 27.7 Å². The standard InChI is InChI=1S/C15H26N2O/c1-13(2)7-11(8-14(3,4)9-13)17-10-16-15(5-6-15)12(17)18/h11,16H,5-10H2,1-4H3. The molecule has 0 atom stereocenters. The normalized spacial score (nSPS) is 33.1. The second-order valence-corrected chi connectivity index (χ2v) is 8.26. The Morgan fingerprint density at radius 2 is 1.67 bits per heavy atom. The lowest BCUT2D eigenvalue weighted by molar-refractivity contribution is -0.134. The van der Waals surface area contributed by atoms with Crippen LogP contribution in [0.1, 0.15) is 59.8 Å². The minimum Gasteiger partial charge on any atom is -0.325 e. The summed E-state index contributed by atoms with van der Waals surface area (Å²) in [4.78, 5) is 14.6. The van der Waals surface area contributed by atoms with Crippen LogP contribution in [0.15, 0.2) is 0 Å². The van der Waals surface area contributed by atoms with E-state index in [-0.39, 0.29) is 5.54 Å². The van der Waals surface area contributed by atoms with E-state index in [2.05, 4.69) is 37.9 Å². The Morgan fingerprint density at radius 1 is 1.11 bits per heavy atom. The maximum Gasteiger partial charge on any atom is 0.244 e. The highest BCUT2D eigenvalue weighted by atomic mass is 16.2. The Bertz CT molecular complexity index is 366. The molecule has 3 nitrogen and oxygen atoms in total. The number of hydrogen-bond acceptors (Lipinski definition) is 2. The molecule has 3 rings (SSSR count). The molecule has 1 spiro atoms. The molecule has 102 valence electrons. The summed E-state index contributed by atoms with van der Waals surface area (Å²) in [6, 6.07) is 0.434. The molecule has 3 heteroatoms. The van der Waals surface area contributed by atoms with Gasteiger partial charge < -0.3 is 4.90 Å². The molecule has 0 aromatic carbocycles. The summed E-state index contributed by atoms with van der Waals surface area (Å²) in [5.74, 6) is 0.376. The second-order valence-electron chi connectivity index (χ2n) is 8.26. The van der Waals surface area contributed by atoms with Gasteiger partial charge in [0.05, 0.1) is 12.2 Å². The topological polar surface area (TPSA) is 32.3 Å². The molecule has 0 radical (unpaired) electrons. The highest BCUT2D eigenvalue weighted by Crippen LogP contribution is 2.49. The van der Waals surface area contributed by atoms with Gasteiger partial charge in [0.15, 0.2) is 0 Å². The fourth-order valence-electron chi connectivity index (χ4n) is 4.48. The quantitative estimate of drug-likeness (QED) is 0.775. The van der Waals surface area contributed by atoms with Gasteiger partial charge in [0.25, 0.3) is 0 Å². The van der Waals surface area contributed by atoms with E-state index in [0.29, 0.717) is 22.8 Å². The Hall–Kier alpha value is -0.570. The number of nitrogens with one attached hydrogen (secondary N) is 1. The molecular weight excluding hydrogens is 224 g/mol. The highest BCUT2D eigenvalue weighted by molar-refractivity contribution is 5.91. The van der Waals surface area contributed by atoms with Crippen LogP contribution in [0.3, 0.4) is 0 Å². The first kappa shape index (κ1) is 12.5. The van der Waals surface area contributed by atoms with Crippen LogP contribution in [0.25, 0.3) is 0 Å². The van der Waals surface area contributed by atoms with Crippen LogP contribution < -0.4 is 5.32 Å². The summed E-state index contributed by atoms with van der Waals surface area (Å²) in [6.45, 7) is 10.2. The number of carbonyl (C=O) groups excluding carboxylic acids is 1. The Kier molecular flexibility index (Phi) is 2.42. The van der Waals surface area contributed by atoms with Crippen LogP contribution in [0, 0.1) is 10.8 Å². The number of carbonyl (C=O) groups is 1. The van der Waals surface area contributed by atoms with Crippen molar-refractivity contribution in [1.82, 2.24) is 10.2 Å². The van der Waals surface area contributed by atoms with Gasteiger partial charge in [-0.2, -0.15) is 0 Å². The van der Waals surface area contributed by atoms with Crippen LogP contribution in [0.5, 0.6) is 0 Å². The first-order valence-corrected chi connectivity index (χ1v) is 7.29. The maximum absolute atomic E-state index is 12.5. The third-order valence-electron chi connectivity index (χ3n) is 4.98. The molecule has 18 heavy (non-hydrogen) atoms. The van der Waals surface area contributed by atoms with Crippen LogP contribution in [0.4, 0.5) is 0 Å². The largest absolute Gasteiger partial charge is 0.325 e. The molecule has 0 aromatic heterocycles. The van der Waals surface area contributed by atoms with Crippen molar-refractivity contribution < 1.29 is 4.79 Å².